The minimum absolute atomic E-state index is 0. The maximum Gasteiger partial charge on any atom is 0.103 e. The van der Waals surface area contributed by atoms with Crippen molar-refractivity contribution in [3.05, 3.63) is 23.9 Å². The second-order valence-corrected chi connectivity index (χ2v) is 3.22. The van der Waals surface area contributed by atoms with Gasteiger partial charge in [0.25, 0.3) is 0 Å². The van der Waals surface area contributed by atoms with Gasteiger partial charge in [-0.3, -0.25) is 0 Å². The SMILES string of the molecule is Cc1c2n[c-]oc2c(C)c2n[c-]oc12.[Rf].[Rf]. The second kappa shape index (κ2) is 2.83. The van der Waals surface area contributed by atoms with Gasteiger partial charge in [-0.15, -0.1) is 11.1 Å². The van der Waals surface area contributed by atoms with E-state index in [4.69, 9.17) is 8.83 Å². The van der Waals surface area contributed by atoms with Crippen LogP contribution in [0.1, 0.15) is 11.1 Å². The molecule has 0 aliphatic heterocycles. The zero-order valence-corrected chi connectivity index (χ0v) is 21.9. The summed E-state index contributed by atoms with van der Waals surface area (Å²) >= 11 is 0. The van der Waals surface area contributed by atoms with E-state index in [1.807, 2.05) is 13.8 Å². The van der Waals surface area contributed by atoms with Crippen LogP contribution in [0.4, 0.5) is 0 Å². The fraction of sp³-hybridized carbons (Fsp3) is 0.200. The summed E-state index contributed by atoms with van der Waals surface area (Å²) in [6, 6.07) is 0. The second-order valence-electron chi connectivity index (χ2n) is 3.22. The Kier molecular flexibility index (Phi) is 1.81. The minimum atomic E-state index is 0. The first-order chi connectivity index (χ1) is 6.79. The third kappa shape index (κ3) is 0.824. The van der Waals surface area contributed by atoms with E-state index in [0.29, 0.717) is 0 Å². The molecule has 74 valence electrons. The van der Waals surface area contributed by atoms with Crippen LogP contribution in [0, 0.1) is 26.6 Å². The Bertz CT molecular complexity index is 527. The van der Waals surface area contributed by atoms with Crippen LogP contribution >= 0.6 is 0 Å². The minimum Gasteiger partial charge on any atom is -0.574 e. The Balaban J connectivity index is 0.000000640. The number of fused-ring (bicyclic) bond motifs is 2. The monoisotopic (exact) mass is 720 g/mol. The molecule has 0 spiro atoms. The van der Waals surface area contributed by atoms with E-state index < -0.39 is 0 Å². The molecular formula is C10H6N2O2Rf2-2. The molecule has 16 heavy (non-hydrogen) atoms. The van der Waals surface area contributed by atoms with Crippen molar-refractivity contribution in [2.24, 2.45) is 0 Å². The third-order valence-electron chi connectivity index (χ3n) is 2.43. The van der Waals surface area contributed by atoms with Crippen LogP contribution in [0.3, 0.4) is 0 Å². The summed E-state index contributed by atoms with van der Waals surface area (Å²) in [4.78, 5) is 8.03. The Hall–Kier alpha value is -3.84. The molecule has 2 aromatic heterocycles. The molecule has 2 heterocycles. The normalized spacial score (nSPS) is 10.1. The Labute approximate surface area is 79.6 Å². The zero-order chi connectivity index (χ0) is 9.71. The number of rotatable bonds is 0. The van der Waals surface area contributed by atoms with Crippen LogP contribution in [0.2, 0.25) is 0 Å². The smallest absolute Gasteiger partial charge is 0.103 e. The van der Waals surface area contributed by atoms with Crippen molar-refractivity contribution in [2.45, 2.75) is 13.8 Å². The molecule has 1 aromatic carbocycles. The predicted molar refractivity (Wildman–Crippen MR) is 48.7 cm³/mol. The maximum atomic E-state index is 5.18. The quantitative estimate of drug-likeness (QED) is 0.335. The summed E-state index contributed by atoms with van der Waals surface area (Å²) in [6.07, 6.45) is 4.96. The maximum absolute atomic E-state index is 5.18. The van der Waals surface area contributed by atoms with E-state index >= 15 is 0 Å². The van der Waals surface area contributed by atoms with Gasteiger partial charge in [0.15, 0.2) is 0 Å². The van der Waals surface area contributed by atoms with Crippen LogP contribution in [0.15, 0.2) is 8.83 Å². The van der Waals surface area contributed by atoms with Crippen molar-refractivity contribution in [3.63, 3.8) is 0 Å². The van der Waals surface area contributed by atoms with Gasteiger partial charge in [0.2, 0.25) is 0 Å². The van der Waals surface area contributed by atoms with Crippen molar-refractivity contribution < 1.29 is 8.83 Å². The van der Waals surface area contributed by atoms with E-state index in [1.165, 1.54) is 0 Å². The van der Waals surface area contributed by atoms with Gasteiger partial charge in [0, 0.05) is 0 Å². The van der Waals surface area contributed by atoms with Gasteiger partial charge in [-0.1, -0.05) is 24.9 Å². The molecule has 0 radical (unpaired) electrons. The molecule has 3 aromatic rings. The van der Waals surface area contributed by atoms with Gasteiger partial charge in [0.05, 0.1) is 0 Å². The molecular weight excluding hydrogens is 714 g/mol. The number of aryl methyl sites for hydroxylation is 2. The third-order valence-corrected chi connectivity index (χ3v) is 2.43. The molecule has 0 bridgehead atoms. The Morgan fingerprint density at radius 2 is 1.19 bits per heavy atom. The largest absolute Gasteiger partial charge is 0.574 e. The summed E-state index contributed by atoms with van der Waals surface area (Å²) < 4.78 is 10.4. The van der Waals surface area contributed by atoms with Gasteiger partial charge in [-0.25, -0.2) is 0 Å². The summed E-state index contributed by atoms with van der Waals surface area (Å²) in [5, 5.41) is 0. The van der Waals surface area contributed by atoms with Crippen molar-refractivity contribution in [1.82, 2.24) is 9.97 Å². The van der Waals surface area contributed by atoms with Crippen LogP contribution in [-0.2, 0) is 0 Å². The van der Waals surface area contributed by atoms with Crippen LogP contribution < -0.4 is 0 Å². The topological polar surface area (TPSA) is 52.1 Å². The van der Waals surface area contributed by atoms with E-state index in [0.717, 1.165) is 33.3 Å². The van der Waals surface area contributed by atoms with Crippen LogP contribution in [-0.4, -0.2) is 9.97 Å². The summed E-state index contributed by atoms with van der Waals surface area (Å²) in [7, 11) is 0. The number of benzene rings is 1. The average molecular weight is 720 g/mol. The number of hydrogen-bond acceptors (Lipinski definition) is 4. The van der Waals surface area contributed by atoms with Crippen molar-refractivity contribution in [2.75, 3.05) is 0 Å². The molecule has 4 nitrogen and oxygen atoms in total. The van der Waals surface area contributed by atoms with Crippen molar-refractivity contribution in [3.8, 4) is 0 Å². The molecule has 0 N–H and O–H groups in total. The van der Waals surface area contributed by atoms with E-state index in [1.54, 1.807) is 0 Å². The standard InChI is InChI=1S/C10H6N2O2.2Rf/c1-5-7-10(14-3-11-7)6(2)8-9(5)13-4-12-8;;/h1-2H3;;/q-2;;. The number of nitrogens with zero attached hydrogens (tertiary/aromatic N) is 2. The van der Waals surface area contributed by atoms with E-state index in [2.05, 4.69) is 22.8 Å². The number of oxazole rings is 2. The average Bonchev–Trinajstić information content (AvgIpc) is 2.82. The van der Waals surface area contributed by atoms with Gasteiger partial charge >= 0.3 is 0 Å². The van der Waals surface area contributed by atoms with Gasteiger partial charge < -0.3 is 18.8 Å². The molecule has 0 fully saturated rings. The molecule has 0 aliphatic carbocycles. The van der Waals surface area contributed by atoms with Gasteiger partial charge in [-0.05, 0) is 11.2 Å². The summed E-state index contributed by atoms with van der Waals surface area (Å²) in [6.45, 7) is 3.83. The molecule has 0 saturated carbocycles. The van der Waals surface area contributed by atoms with Crippen LogP contribution in [0.5, 0.6) is 0 Å². The Morgan fingerprint density at radius 1 is 0.812 bits per heavy atom. The van der Waals surface area contributed by atoms with Crippen molar-refractivity contribution >= 4 is 22.2 Å². The van der Waals surface area contributed by atoms with Gasteiger partial charge in [-0.2, -0.15) is 0 Å². The fourth-order valence-electron chi connectivity index (χ4n) is 1.66. The predicted octanol–water partition coefficient (Wildman–Crippen LogP) is 2.19. The molecule has 0 unspecified atom stereocenters. The first kappa shape index (κ1) is 10.2. The van der Waals surface area contributed by atoms with Crippen molar-refractivity contribution in [1.29, 1.82) is 0 Å². The van der Waals surface area contributed by atoms with E-state index in [-0.39, 0.29) is 0 Å². The molecule has 0 atom stereocenters. The first-order valence-electron chi connectivity index (χ1n) is 4.21. The molecule has 0 amide bonds. The molecule has 0 saturated heterocycles. The molecule has 3 rings (SSSR count). The van der Waals surface area contributed by atoms with Crippen LogP contribution in [0.25, 0.3) is 22.2 Å². The Morgan fingerprint density at radius 3 is 1.56 bits per heavy atom. The number of aromatic nitrogens is 2. The first-order valence-corrected chi connectivity index (χ1v) is 4.21. The van der Waals surface area contributed by atoms with Gasteiger partial charge in [0.1, 0.15) is 12.8 Å². The summed E-state index contributed by atoms with van der Waals surface area (Å²) in [5.41, 5.74) is 4.83. The molecule has 6 heteroatoms. The summed E-state index contributed by atoms with van der Waals surface area (Å²) in [5.74, 6) is 0. The van der Waals surface area contributed by atoms with E-state index in [9.17, 15) is 0 Å². The zero-order valence-electron chi connectivity index (χ0n) is 9.13. The molecule has 0 aliphatic rings. The number of hydrogen-bond donors (Lipinski definition) is 0. The fourth-order valence-corrected chi connectivity index (χ4v) is 1.66.